The van der Waals surface area contributed by atoms with Crippen LogP contribution < -0.4 is 9.26 Å². The Bertz CT molecular complexity index is 858. The lowest BCUT2D eigenvalue weighted by atomic mass is 10.1. The number of hydrogen-bond donors (Lipinski definition) is 0. The first-order valence-electron chi connectivity index (χ1n) is 7.61. The number of nitro benzene ring substituents is 1. The zero-order valence-electron chi connectivity index (χ0n) is 13.7. The van der Waals surface area contributed by atoms with Gasteiger partial charge in [0.15, 0.2) is 0 Å². The minimum absolute atomic E-state index is 0.0333. The van der Waals surface area contributed by atoms with Gasteiger partial charge < -0.3 is 9.26 Å². The van der Waals surface area contributed by atoms with Crippen LogP contribution in [0.25, 0.3) is 0 Å². The van der Waals surface area contributed by atoms with E-state index in [0.29, 0.717) is 5.75 Å². The topological polar surface area (TPSA) is 97.1 Å². The first kappa shape index (κ1) is 18.3. The quantitative estimate of drug-likeness (QED) is 0.429. The Hall–Kier alpha value is -2.48. The summed E-state index contributed by atoms with van der Waals surface area (Å²) in [6.07, 6.45) is -0.569. The molecular weight excluding hydrogens is 368 g/mol. The van der Waals surface area contributed by atoms with Crippen molar-refractivity contribution >= 4 is 13.5 Å². The van der Waals surface area contributed by atoms with E-state index in [2.05, 4.69) is 0 Å². The molecule has 0 amide bonds. The lowest BCUT2D eigenvalue weighted by molar-refractivity contribution is -0.384. The van der Waals surface area contributed by atoms with Gasteiger partial charge in [0, 0.05) is 24.1 Å². The number of rotatable bonds is 5. The minimum atomic E-state index is -4.02. The van der Waals surface area contributed by atoms with Gasteiger partial charge in [-0.1, -0.05) is 0 Å². The van der Waals surface area contributed by atoms with Crippen molar-refractivity contribution in [3.8, 4) is 11.5 Å². The Kier molecular flexibility index (Phi) is 5.22. The van der Waals surface area contributed by atoms with Gasteiger partial charge in [-0.2, -0.15) is 0 Å². The van der Waals surface area contributed by atoms with Crippen molar-refractivity contribution in [2.75, 3.05) is 13.7 Å². The zero-order chi connectivity index (χ0) is 18.7. The number of halogens is 1. The number of hydrogen-bond acceptors (Lipinski definition) is 7. The molecule has 0 N–H and O–H groups in total. The molecule has 1 heterocycles. The molecule has 1 fully saturated rings. The smallest absolute Gasteiger partial charge is 0.497 e. The zero-order valence-corrected chi connectivity index (χ0v) is 14.6. The van der Waals surface area contributed by atoms with E-state index in [1.165, 1.54) is 49.6 Å². The van der Waals surface area contributed by atoms with Gasteiger partial charge in [0.1, 0.15) is 23.4 Å². The highest BCUT2D eigenvalue weighted by Gasteiger charge is 2.38. The highest BCUT2D eigenvalue weighted by molar-refractivity contribution is 7.49. The third-order valence-electron chi connectivity index (χ3n) is 3.70. The lowest BCUT2D eigenvalue weighted by Gasteiger charge is -2.29. The minimum Gasteiger partial charge on any atom is -0.497 e. The molecule has 10 heteroatoms. The number of phosphoric acid groups is 1. The predicted molar refractivity (Wildman–Crippen MR) is 88.7 cm³/mol. The van der Waals surface area contributed by atoms with E-state index in [1.54, 1.807) is 0 Å². The summed E-state index contributed by atoms with van der Waals surface area (Å²) in [4.78, 5) is 10.1. The van der Waals surface area contributed by atoms with E-state index in [0.717, 1.165) is 0 Å². The fraction of sp³-hybridized carbons (Fsp3) is 0.250. The van der Waals surface area contributed by atoms with Crippen LogP contribution in [0.1, 0.15) is 18.1 Å². The van der Waals surface area contributed by atoms with Crippen LogP contribution in [0.5, 0.6) is 11.5 Å². The van der Waals surface area contributed by atoms with Gasteiger partial charge in [0.05, 0.1) is 18.6 Å². The maximum Gasteiger partial charge on any atom is 0.530 e. The van der Waals surface area contributed by atoms with Crippen molar-refractivity contribution in [2.24, 2.45) is 0 Å². The van der Waals surface area contributed by atoms with Crippen LogP contribution in [0.2, 0.25) is 0 Å². The maximum atomic E-state index is 14.1. The molecule has 0 radical (unpaired) electrons. The molecule has 1 aliphatic rings. The largest absolute Gasteiger partial charge is 0.530 e. The first-order valence-corrected chi connectivity index (χ1v) is 9.07. The van der Waals surface area contributed by atoms with E-state index in [1.807, 2.05) is 0 Å². The van der Waals surface area contributed by atoms with E-state index in [-0.39, 0.29) is 30.0 Å². The number of nitro groups is 1. The lowest BCUT2D eigenvalue weighted by Crippen LogP contribution is -2.17. The molecule has 2 atom stereocenters. The number of nitrogens with zero attached hydrogens (tertiary/aromatic N) is 1. The SMILES string of the molecule is COc1ccc(F)c(C2CCOP(=O)(Oc3ccc([N+](=O)[O-])cc3)O2)c1. The summed E-state index contributed by atoms with van der Waals surface area (Å²) in [5.74, 6) is -0.0205. The molecule has 2 unspecified atom stereocenters. The predicted octanol–water partition coefficient (Wildman–Crippen LogP) is 4.41. The van der Waals surface area contributed by atoms with Gasteiger partial charge in [-0.25, -0.2) is 8.96 Å². The highest BCUT2D eigenvalue weighted by Crippen LogP contribution is 2.57. The fourth-order valence-electron chi connectivity index (χ4n) is 2.42. The molecule has 0 bridgehead atoms. The van der Waals surface area contributed by atoms with Crippen molar-refractivity contribution in [3.63, 3.8) is 0 Å². The van der Waals surface area contributed by atoms with Crippen LogP contribution in [0.15, 0.2) is 42.5 Å². The molecule has 0 aromatic heterocycles. The van der Waals surface area contributed by atoms with Gasteiger partial charge in [-0.05, 0) is 30.3 Å². The van der Waals surface area contributed by atoms with Gasteiger partial charge in [-0.15, -0.1) is 0 Å². The number of phosphoric ester groups is 1. The Balaban J connectivity index is 1.78. The van der Waals surface area contributed by atoms with E-state index in [9.17, 15) is 19.1 Å². The average Bonchev–Trinajstić information content (AvgIpc) is 2.62. The molecule has 2 aromatic carbocycles. The summed E-state index contributed by atoms with van der Waals surface area (Å²) in [5, 5.41) is 10.7. The van der Waals surface area contributed by atoms with Crippen LogP contribution in [0.4, 0.5) is 10.1 Å². The first-order chi connectivity index (χ1) is 12.4. The van der Waals surface area contributed by atoms with Crippen LogP contribution >= 0.6 is 7.82 Å². The van der Waals surface area contributed by atoms with Crippen LogP contribution in [0.3, 0.4) is 0 Å². The summed E-state index contributed by atoms with van der Waals surface area (Å²) in [5.41, 5.74) is 0.0395. The van der Waals surface area contributed by atoms with Crippen molar-refractivity contribution < 1.29 is 32.2 Å². The average molecular weight is 383 g/mol. The molecular formula is C16H15FNO7P. The third kappa shape index (κ3) is 4.01. The van der Waals surface area contributed by atoms with Crippen molar-refractivity contribution in [2.45, 2.75) is 12.5 Å². The summed E-state index contributed by atoms with van der Waals surface area (Å²) in [6, 6.07) is 9.11. The third-order valence-corrected chi connectivity index (χ3v) is 5.15. The molecule has 1 saturated heterocycles. The van der Waals surface area contributed by atoms with Crippen molar-refractivity contribution in [3.05, 3.63) is 64.0 Å². The second kappa shape index (κ2) is 7.41. The number of benzene rings is 2. The molecule has 0 spiro atoms. The molecule has 0 aliphatic carbocycles. The Morgan fingerprint density at radius 1 is 1.23 bits per heavy atom. The number of non-ortho nitro benzene ring substituents is 1. The van der Waals surface area contributed by atoms with Crippen LogP contribution in [-0.2, 0) is 13.6 Å². The van der Waals surface area contributed by atoms with E-state index >= 15 is 0 Å². The monoisotopic (exact) mass is 383 g/mol. The molecule has 2 aromatic rings. The summed E-state index contributed by atoms with van der Waals surface area (Å²) >= 11 is 0. The molecule has 26 heavy (non-hydrogen) atoms. The maximum absolute atomic E-state index is 14.1. The summed E-state index contributed by atoms with van der Waals surface area (Å²) in [6.45, 7) is 0.0333. The van der Waals surface area contributed by atoms with Crippen molar-refractivity contribution in [1.82, 2.24) is 0 Å². The van der Waals surface area contributed by atoms with Gasteiger partial charge in [0.2, 0.25) is 0 Å². The van der Waals surface area contributed by atoms with Crippen LogP contribution in [-0.4, -0.2) is 18.6 Å². The van der Waals surface area contributed by atoms with E-state index < -0.39 is 24.7 Å². The molecule has 3 rings (SSSR count). The van der Waals surface area contributed by atoms with Crippen molar-refractivity contribution in [1.29, 1.82) is 0 Å². The van der Waals surface area contributed by atoms with Gasteiger partial charge >= 0.3 is 7.82 Å². The molecule has 8 nitrogen and oxygen atoms in total. The number of ether oxygens (including phenoxy) is 1. The van der Waals surface area contributed by atoms with Gasteiger partial charge in [-0.3, -0.25) is 19.2 Å². The summed E-state index contributed by atoms with van der Waals surface area (Å²) in [7, 11) is -2.57. The Morgan fingerprint density at radius 2 is 1.92 bits per heavy atom. The number of methoxy groups -OCH3 is 1. The normalized spacial score (nSPS) is 22.6. The Labute approximate surface area is 148 Å². The van der Waals surface area contributed by atoms with E-state index in [4.69, 9.17) is 18.3 Å². The highest BCUT2D eigenvalue weighted by atomic mass is 31.2. The Morgan fingerprint density at radius 3 is 2.58 bits per heavy atom. The second-order valence-electron chi connectivity index (χ2n) is 5.39. The molecule has 0 saturated carbocycles. The second-order valence-corrected chi connectivity index (χ2v) is 6.94. The standard InChI is InChI=1S/C16H15FNO7P/c1-22-13-6-7-15(17)14(10-13)16-8-9-23-26(21,25-16)24-12-4-2-11(3-5-12)18(19)20/h2-7,10,16H,8-9H2,1H3. The molecule has 138 valence electrons. The molecule has 1 aliphatic heterocycles. The fourth-order valence-corrected chi connectivity index (χ4v) is 3.82. The van der Waals surface area contributed by atoms with Gasteiger partial charge in [0.25, 0.3) is 5.69 Å². The van der Waals surface area contributed by atoms with Crippen LogP contribution in [0, 0.1) is 15.9 Å². The summed E-state index contributed by atoms with van der Waals surface area (Å²) < 4.78 is 47.7.